The van der Waals surface area contributed by atoms with Crippen LogP contribution in [0, 0.1) is 11.3 Å². The molecule has 0 saturated carbocycles. The van der Waals surface area contributed by atoms with Crippen LogP contribution in [0.5, 0.6) is 0 Å². The van der Waals surface area contributed by atoms with Crippen molar-refractivity contribution in [2.45, 2.75) is 77.0 Å². The molecular formula is C33H50N10O4. The summed E-state index contributed by atoms with van der Waals surface area (Å²) in [6.07, 6.45) is 2.33. The molecule has 0 bridgehead atoms. The largest absolute Gasteiger partial charge is 0.384 e. The Labute approximate surface area is 276 Å². The van der Waals surface area contributed by atoms with Crippen molar-refractivity contribution >= 4 is 35.4 Å². The maximum Gasteiger partial charge on any atom is 0.243 e. The summed E-state index contributed by atoms with van der Waals surface area (Å²) in [4.78, 5) is 57.2. The number of benzene rings is 2. The molecule has 0 spiro atoms. The summed E-state index contributed by atoms with van der Waals surface area (Å²) in [5.41, 5.74) is 24.2. The summed E-state index contributed by atoms with van der Waals surface area (Å²) in [7, 11) is 0. The third-order valence-electron chi connectivity index (χ3n) is 7.36. The molecule has 256 valence electrons. The number of nitrogens with zero attached hydrogens (tertiary/aromatic N) is 1. The summed E-state index contributed by atoms with van der Waals surface area (Å²) in [5.74, 6) is -2.27. The van der Waals surface area contributed by atoms with Gasteiger partial charge >= 0.3 is 0 Å². The second-order valence-electron chi connectivity index (χ2n) is 11.6. The number of carbonyl (C=O) groups is 4. The number of aliphatic imine (C=N–C) groups is 1. The van der Waals surface area contributed by atoms with Gasteiger partial charge in [0.1, 0.15) is 24.0 Å². The Bertz CT molecular complexity index is 1340. The quantitative estimate of drug-likeness (QED) is 0.0539. The van der Waals surface area contributed by atoms with Gasteiger partial charge in [-0.05, 0) is 55.7 Å². The van der Waals surface area contributed by atoms with E-state index in [1.165, 1.54) is 0 Å². The van der Waals surface area contributed by atoms with E-state index in [2.05, 4.69) is 26.3 Å². The highest BCUT2D eigenvalue weighted by Crippen LogP contribution is 2.10. The minimum atomic E-state index is -0.988. The number of nitrogens with one attached hydrogen (secondary N) is 5. The van der Waals surface area contributed by atoms with Gasteiger partial charge in [-0.2, -0.15) is 0 Å². The van der Waals surface area contributed by atoms with E-state index < -0.39 is 29.9 Å². The Morgan fingerprint density at radius 1 is 0.766 bits per heavy atom. The molecular weight excluding hydrogens is 600 g/mol. The van der Waals surface area contributed by atoms with Crippen LogP contribution in [0.2, 0.25) is 0 Å². The molecule has 3 atom stereocenters. The highest BCUT2D eigenvalue weighted by atomic mass is 16.2. The first-order valence-corrected chi connectivity index (χ1v) is 15.8. The van der Waals surface area contributed by atoms with Gasteiger partial charge in [0.2, 0.25) is 23.6 Å². The zero-order valence-corrected chi connectivity index (χ0v) is 27.3. The number of unbranched alkanes of at least 4 members (excludes halogenated alkanes) is 1. The lowest BCUT2D eigenvalue weighted by molar-refractivity contribution is -0.134. The number of hydrogen-bond donors (Lipinski definition) is 9. The van der Waals surface area contributed by atoms with Crippen molar-refractivity contribution < 1.29 is 19.2 Å². The van der Waals surface area contributed by atoms with Crippen molar-refractivity contribution in [1.29, 1.82) is 5.41 Å². The van der Waals surface area contributed by atoms with E-state index in [0.29, 0.717) is 37.8 Å². The Morgan fingerprint density at radius 2 is 1.40 bits per heavy atom. The normalized spacial score (nSPS) is 12.7. The Kier molecular flexibility index (Phi) is 16.4. The molecule has 2 aromatic carbocycles. The lowest BCUT2D eigenvalue weighted by Gasteiger charge is -2.27. The molecule has 13 N–H and O–H groups in total. The molecule has 0 aliphatic heterocycles. The first kappa shape index (κ1) is 38.2. The van der Waals surface area contributed by atoms with Crippen molar-refractivity contribution in [3.8, 4) is 0 Å². The summed E-state index contributed by atoms with van der Waals surface area (Å²) in [6.45, 7) is 4.46. The predicted molar refractivity (Wildman–Crippen MR) is 183 cm³/mol. The maximum absolute atomic E-state index is 13.6. The second kappa shape index (κ2) is 20.2. The molecule has 0 saturated heterocycles. The topological polar surface area (TPSA) is 257 Å². The first-order chi connectivity index (χ1) is 22.4. The molecule has 0 aromatic heterocycles. The molecule has 2 aromatic rings. The van der Waals surface area contributed by atoms with E-state index in [1.54, 1.807) is 38.1 Å². The van der Waals surface area contributed by atoms with Crippen LogP contribution in [0.25, 0.3) is 0 Å². The molecule has 0 fully saturated rings. The summed E-state index contributed by atoms with van der Waals surface area (Å²) >= 11 is 0. The minimum Gasteiger partial charge on any atom is -0.384 e. The average molecular weight is 651 g/mol. The molecule has 14 nitrogen and oxygen atoms in total. The van der Waals surface area contributed by atoms with Gasteiger partial charge in [0, 0.05) is 18.7 Å². The number of nitrogen functional groups attached to an aromatic ring is 1. The predicted octanol–water partition coefficient (Wildman–Crippen LogP) is 0.123. The summed E-state index contributed by atoms with van der Waals surface area (Å²) in [6, 6.07) is 13.2. The number of rotatable bonds is 20. The fraction of sp³-hybridized carbons (Fsp3) is 0.455. The van der Waals surface area contributed by atoms with Crippen LogP contribution < -0.4 is 44.2 Å². The zero-order valence-electron chi connectivity index (χ0n) is 27.3. The fourth-order valence-electron chi connectivity index (χ4n) is 4.73. The first-order valence-electron chi connectivity index (χ1n) is 15.8. The number of amidine groups is 1. The van der Waals surface area contributed by atoms with Crippen LogP contribution in [0.15, 0.2) is 59.6 Å². The number of carbonyl (C=O) groups excluding carboxylic acids is 4. The maximum atomic E-state index is 13.6. The van der Waals surface area contributed by atoms with Gasteiger partial charge in [0.25, 0.3) is 0 Å². The van der Waals surface area contributed by atoms with E-state index in [0.717, 1.165) is 11.1 Å². The summed E-state index contributed by atoms with van der Waals surface area (Å²) in [5, 5.41) is 18.8. The standard InChI is InChI=1S/C33H50N10O4/c1-21(2)28(43-31(46)26(12-8-18-39-33(37)38)41-27(44)19-22-9-4-3-5-10-22)32(47)42-25(11-6-7-17-34)30(45)40-20-23-13-15-24(16-14-23)29(35)36/h3-5,9-10,13-16,21,25-26,28H,6-8,11-12,17-20,34H2,1-2H3,(H3,35,36)(H,40,45)(H,41,44)(H,42,47)(H,43,46)(H4,37,38,39)/t25-,26-,28-/m0/s1. The number of nitrogens with two attached hydrogens (primary N) is 4. The molecule has 14 heteroatoms. The van der Waals surface area contributed by atoms with E-state index in [-0.39, 0.29) is 55.5 Å². The lowest BCUT2D eigenvalue weighted by atomic mass is 10.0. The van der Waals surface area contributed by atoms with Crippen molar-refractivity contribution in [1.82, 2.24) is 21.3 Å². The fourth-order valence-corrected chi connectivity index (χ4v) is 4.73. The molecule has 4 amide bonds. The molecule has 47 heavy (non-hydrogen) atoms. The van der Waals surface area contributed by atoms with Crippen molar-refractivity contribution in [3.05, 3.63) is 71.3 Å². The second-order valence-corrected chi connectivity index (χ2v) is 11.6. The van der Waals surface area contributed by atoms with Crippen LogP contribution >= 0.6 is 0 Å². The van der Waals surface area contributed by atoms with Crippen LogP contribution in [0.1, 0.15) is 62.6 Å². The smallest absolute Gasteiger partial charge is 0.243 e. The number of hydrogen-bond acceptors (Lipinski definition) is 7. The third kappa shape index (κ3) is 14.3. The van der Waals surface area contributed by atoms with Gasteiger partial charge < -0.3 is 44.2 Å². The summed E-state index contributed by atoms with van der Waals surface area (Å²) < 4.78 is 0. The molecule has 0 unspecified atom stereocenters. The lowest BCUT2D eigenvalue weighted by Crippen LogP contribution is -2.58. The van der Waals surface area contributed by atoms with E-state index in [4.69, 9.17) is 28.3 Å². The molecule has 0 radical (unpaired) electrons. The monoisotopic (exact) mass is 650 g/mol. The van der Waals surface area contributed by atoms with Crippen molar-refractivity contribution in [2.75, 3.05) is 13.1 Å². The van der Waals surface area contributed by atoms with E-state index >= 15 is 0 Å². The highest BCUT2D eigenvalue weighted by molar-refractivity contribution is 5.95. The Morgan fingerprint density at radius 3 is 2.00 bits per heavy atom. The van der Waals surface area contributed by atoms with Crippen molar-refractivity contribution in [2.24, 2.45) is 33.8 Å². The average Bonchev–Trinajstić information content (AvgIpc) is 3.03. The van der Waals surface area contributed by atoms with Gasteiger partial charge in [-0.25, -0.2) is 0 Å². The zero-order chi connectivity index (χ0) is 34.8. The SMILES string of the molecule is CC(C)[C@H](NC(=O)[C@H](CCCN=C(N)N)NC(=O)Cc1ccccc1)C(=O)N[C@@H](CCCCN)C(=O)NCc1ccc(C(=N)N)cc1. The highest BCUT2D eigenvalue weighted by Gasteiger charge is 2.31. The van der Waals surface area contributed by atoms with Crippen molar-refractivity contribution in [3.63, 3.8) is 0 Å². The molecule has 2 rings (SSSR count). The van der Waals surface area contributed by atoms with Gasteiger partial charge in [-0.3, -0.25) is 29.6 Å². The van der Waals surface area contributed by atoms with Crippen LogP contribution in [0.4, 0.5) is 0 Å². The molecule has 0 aliphatic rings. The Balaban J connectivity index is 2.13. The van der Waals surface area contributed by atoms with Gasteiger partial charge in [-0.1, -0.05) is 68.4 Å². The third-order valence-corrected chi connectivity index (χ3v) is 7.36. The molecule has 0 aliphatic carbocycles. The van der Waals surface area contributed by atoms with Crippen LogP contribution in [-0.2, 0) is 32.1 Å². The van der Waals surface area contributed by atoms with Gasteiger partial charge in [0.05, 0.1) is 6.42 Å². The Hall–Kier alpha value is -4.98. The van der Waals surface area contributed by atoms with E-state index in [9.17, 15) is 19.2 Å². The minimum absolute atomic E-state index is 0.0538. The molecule has 0 heterocycles. The van der Waals surface area contributed by atoms with Crippen LogP contribution in [-0.4, -0.2) is 66.6 Å². The van der Waals surface area contributed by atoms with Gasteiger partial charge in [0.15, 0.2) is 5.96 Å². The number of guanidine groups is 1. The number of amides is 4. The van der Waals surface area contributed by atoms with E-state index in [1.807, 2.05) is 30.3 Å². The van der Waals surface area contributed by atoms with Gasteiger partial charge in [-0.15, -0.1) is 0 Å². The van der Waals surface area contributed by atoms with Crippen LogP contribution in [0.3, 0.4) is 0 Å².